The number of nitrogens with zero attached hydrogens (tertiary/aromatic N) is 2. The minimum Gasteiger partial charge on any atom is -0.465 e. The first-order valence-electron chi connectivity index (χ1n) is 6.71. The van der Waals surface area contributed by atoms with Gasteiger partial charge in [0.1, 0.15) is 0 Å². The molecule has 0 saturated heterocycles. The fourth-order valence-electron chi connectivity index (χ4n) is 2.19. The third kappa shape index (κ3) is 2.66. The van der Waals surface area contributed by atoms with E-state index < -0.39 is 0 Å². The minimum absolute atomic E-state index is 0.316. The van der Waals surface area contributed by atoms with Crippen LogP contribution >= 0.6 is 0 Å². The SMILES string of the molecule is COC(=O)c1ccc(NCc2cncn2C2CC2)cc1. The quantitative estimate of drug-likeness (QED) is 0.849. The molecular formula is C15H17N3O2. The lowest BCUT2D eigenvalue weighted by molar-refractivity contribution is 0.0601. The minimum atomic E-state index is -0.316. The van der Waals surface area contributed by atoms with Crippen molar-refractivity contribution in [2.75, 3.05) is 12.4 Å². The molecule has 1 fully saturated rings. The van der Waals surface area contributed by atoms with Crippen LogP contribution in [-0.4, -0.2) is 22.6 Å². The van der Waals surface area contributed by atoms with Crippen LogP contribution in [0.2, 0.25) is 0 Å². The molecule has 0 spiro atoms. The predicted molar refractivity (Wildman–Crippen MR) is 75.6 cm³/mol. The van der Waals surface area contributed by atoms with Gasteiger partial charge in [-0.05, 0) is 37.1 Å². The third-order valence-corrected chi connectivity index (χ3v) is 3.47. The van der Waals surface area contributed by atoms with Gasteiger partial charge in [0.25, 0.3) is 0 Å². The Hall–Kier alpha value is -2.30. The van der Waals surface area contributed by atoms with E-state index in [0.717, 1.165) is 12.2 Å². The van der Waals surface area contributed by atoms with E-state index in [1.54, 1.807) is 12.1 Å². The van der Waals surface area contributed by atoms with Crippen LogP contribution in [0, 0.1) is 0 Å². The van der Waals surface area contributed by atoms with E-state index in [4.69, 9.17) is 0 Å². The van der Waals surface area contributed by atoms with E-state index in [0.29, 0.717) is 11.6 Å². The second-order valence-electron chi connectivity index (χ2n) is 4.95. The number of carbonyl (C=O) groups excluding carboxylic acids is 1. The molecule has 3 rings (SSSR count). The molecule has 0 bridgehead atoms. The molecule has 5 heteroatoms. The van der Waals surface area contributed by atoms with Gasteiger partial charge in [-0.15, -0.1) is 0 Å². The fourth-order valence-corrected chi connectivity index (χ4v) is 2.19. The van der Waals surface area contributed by atoms with Gasteiger partial charge in [-0.3, -0.25) is 0 Å². The zero-order chi connectivity index (χ0) is 13.9. The van der Waals surface area contributed by atoms with Crippen molar-refractivity contribution in [3.63, 3.8) is 0 Å². The van der Waals surface area contributed by atoms with Gasteiger partial charge in [-0.25, -0.2) is 9.78 Å². The Labute approximate surface area is 117 Å². The first-order valence-corrected chi connectivity index (χ1v) is 6.71. The van der Waals surface area contributed by atoms with Crippen molar-refractivity contribution in [3.05, 3.63) is 48.0 Å². The molecule has 1 aliphatic carbocycles. The number of hydrogen-bond acceptors (Lipinski definition) is 4. The van der Waals surface area contributed by atoms with E-state index >= 15 is 0 Å². The first kappa shape index (κ1) is 12.7. The Morgan fingerprint density at radius 2 is 2.15 bits per heavy atom. The molecule has 2 aromatic rings. The lowest BCUT2D eigenvalue weighted by atomic mass is 10.2. The van der Waals surface area contributed by atoms with Crippen molar-refractivity contribution in [2.24, 2.45) is 0 Å². The Bertz CT molecular complexity index is 600. The smallest absolute Gasteiger partial charge is 0.337 e. The number of benzene rings is 1. The Kier molecular flexibility index (Phi) is 3.41. The summed E-state index contributed by atoms with van der Waals surface area (Å²) in [7, 11) is 1.38. The molecule has 5 nitrogen and oxygen atoms in total. The Balaban J connectivity index is 1.63. The van der Waals surface area contributed by atoms with E-state index in [-0.39, 0.29) is 5.97 Å². The summed E-state index contributed by atoms with van der Waals surface area (Å²) >= 11 is 0. The highest BCUT2D eigenvalue weighted by molar-refractivity contribution is 5.89. The molecule has 20 heavy (non-hydrogen) atoms. The summed E-state index contributed by atoms with van der Waals surface area (Å²) in [5, 5.41) is 3.34. The van der Waals surface area contributed by atoms with Crippen LogP contribution in [0.25, 0.3) is 0 Å². The number of nitrogens with one attached hydrogen (secondary N) is 1. The van der Waals surface area contributed by atoms with Gasteiger partial charge >= 0.3 is 5.97 Å². The maximum absolute atomic E-state index is 11.3. The number of imidazole rings is 1. The number of methoxy groups -OCH3 is 1. The average molecular weight is 271 g/mol. The number of hydrogen-bond donors (Lipinski definition) is 1. The van der Waals surface area contributed by atoms with Crippen LogP contribution in [0.4, 0.5) is 5.69 Å². The van der Waals surface area contributed by atoms with Crippen LogP contribution in [0.5, 0.6) is 0 Å². The summed E-state index contributed by atoms with van der Waals surface area (Å²) < 4.78 is 6.91. The van der Waals surface area contributed by atoms with Crippen LogP contribution < -0.4 is 5.32 Å². The lowest BCUT2D eigenvalue weighted by Crippen LogP contribution is -2.06. The summed E-state index contributed by atoms with van der Waals surface area (Å²) in [6.07, 6.45) is 6.29. The maximum Gasteiger partial charge on any atom is 0.337 e. The van der Waals surface area contributed by atoms with E-state index in [9.17, 15) is 4.79 Å². The molecule has 1 heterocycles. The van der Waals surface area contributed by atoms with Gasteiger partial charge in [0.05, 0.1) is 31.2 Å². The standard InChI is InChI=1S/C15H17N3O2/c1-20-15(19)11-2-4-12(5-3-11)17-9-14-8-16-10-18(14)13-6-7-13/h2-5,8,10,13,17H,6-7,9H2,1H3. The summed E-state index contributed by atoms with van der Waals surface area (Å²) in [5.41, 5.74) is 2.71. The molecule has 0 amide bonds. The zero-order valence-corrected chi connectivity index (χ0v) is 11.4. The predicted octanol–water partition coefficient (Wildman–Crippen LogP) is 2.62. The van der Waals surface area contributed by atoms with Crippen LogP contribution in [0.1, 0.15) is 34.9 Å². The second kappa shape index (κ2) is 5.36. The number of esters is 1. The molecule has 0 aliphatic heterocycles. The summed E-state index contributed by atoms with van der Waals surface area (Å²) in [6, 6.07) is 7.91. The third-order valence-electron chi connectivity index (χ3n) is 3.47. The fraction of sp³-hybridized carbons (Fsp3) is 0.333. The number of carbonyl (C=O) groups is 1. The molecule has 0 unspecified atom stereocenters. The zero-order valence-electron chi connectivity index (χ0n) is 11.4. The molecule has 0 atom stereocenters. The first-order chi connectivity index (χ1) is 9.78. The van der Waals surface area contributed by atoms with E-state index in [2.05, 4.69) is 19.6 Å². The highest BCUT2D eigenvalue weighted by atomic mass is 16.5. The largest absolute Gasteiger partial charge is 0.465 e. The second-order valence-corrected chi connectivity index (χ2v) is 4.95. The molecule has 1 aromatic carbocycles. The van der Waals surface area contributed by atoms with Crippen molar-refractivity contribution in [2.45, 2.75) is 25.4 Å². The van der Waals surface area contributed by atoms with Gasteiger partial charge in [0, 0.05) is 17.9 Å². The number of rotatable bonds is 5. The van der Waals surface area contributed by atoms with E-state index in [1.165, 1.54) is 25.6 Å². The Morgan fingerprint density at radius 1 is 1.40 bits per heavy atom. The molecule has 1 aromatic heterocycles. The summed E-state index contributed by atoms with van der Waals surface area (Å²) in [4.78, 5) is 15.5. The average Bonchev–Trinajstić information content (AvgIpc) is 3.23. The Morgan fingerprint density at radius 3 is 2.80 bits per heavy atom. The van der Waals surface area contributed by atoms with Crippen molar-refractivity contribution >= 4 is 11.7 Å². The molecule has 1 saturated carbocycles. The highest BCUT2D eigenvalue weighted by Gasteiger charge is 2.24. The topological polar surface area (TPSA) is 56.1 Å². The number of ether oxygens (including phenoxy) is 1. The van der Waals surface area contributed by atoms with Gasteiger partial charge < -0.3 is 14.6 Å². The molecular weight excluding hydrogens is 254 g/mol. The molecule has 0 radical (unpaired) electrons. The maximum atomic E-state index is 11.3. The summed E-state index contributed by atoms with van der Waals surface area (Å²) in [5.74, 6) is -0.316. The van der Waals surface area contributed by atoms with Gasteiger partial charge in [-0.1, -0.05) is 0 Å². The van der Waals surface area contributed by atoms with Crippen LogP contribution in [0.15, 0.2) is 36.8 Å². The summed E-state index contributed by atoms with van der Waals surface area (Å²) in [6.45, 7) is 0.730. The normalized spacial score (nSPS) is 14.1. The van der Waals surface area contributed by atoms with Gasteiger partial charge in [0.2, 0.25) is 0 Å². The molecule has 104 valence electrons. The van der Waals surface area contributed by atoms with Crippen LogP contribution in [0.3, 0.4) is 0 Å². The highest BCUT2D eigenvalue weighted by Crippen LogP contribution is 2.35. The van der Waals surface area contributed by atoms with Crippen molar-refractivity contribution in [1.29, 1.82) is 0 Å². The van der Waals surface area contributed by atoms with Gasteiger partial charge in [-0.2, -0.15) is 0 Å². The van der Waals surface area contributed by atoms with Gasteiger partial charge in [0.15, 0.2) is 0 Å². The monoisotopic (exact) mass is 271 g/mol. The van der Waals surface area contributed by atoms with Crippen molar-refractivity contribution < 1.29 is 9.53 Å². The van der Waals surface area contributed by atoms with Crippen molar-refractivity contribution in [3.8, 4) is 0 Å². The van der Waals surface area contributed by atoms with Crippen LogP contribution in [-0.2, 0) is 11.3 Å². The van der Waals surface area contributed by atoms with E-state index in [1.807, 2.05) is 24.7 Å². The number of anilines is 1. The number of aromatic nitrogens is 2. The molecule has 1 aliphatic rings. The lowest BCUT2D eigenvalue weighted by Gasteiger charge is -2.09. The van der Waals surface area contributed by atoms with Crippen molar-refractivity contribution in [1.82, 2.24) is 9.55 Å². The molecule has 1 N–H and O–H groups in total.